The lowest BCUT2D eigenvalue weighted by Gasteiger charge is -2.15. The molecule has 3 heteroatoms. The number of ketones is 1. The standard InChI is InChI=1S/C10H16O3/c1-5-8(11)6-7-10(2,3)9(12)13-4/h6-7H,5H2,1-4H3. The molecule has 0 amide bonds. The van der Waals surface area contributed by atoms with E-state index in [-0.39, 0.29) is 11.8 Å². The number of hydrogen-bond donors (Lipinski definition) is 0. The summed E-state index contributed by atoms with van der Waals surface area (Å²) < 4.78 is 4.58. The molecule has 0 aliphatic rings. The molecule has 0 radical (unpaired) electrons. The third kappa shape index (κ3) is 3.87. The van der Waals surface area contributed by atoms with Crippen LogP contribution in [0, 0.1) is 5.41 Å². The Balaban J connectivity index is 4.40. The third-order valence-electron chi connectivity index (χ3n) is 1.75. The van der Waals surface area contributed by atoms with E-state index in [4.69, 9.17) is 0 Å². The van der Waals surface area contributed by atoms with Gasteiger partial charge < -0.3 is 4.74 Å². The van der Waals surface area contributed by atoms with Gasteiger partial charge in [0.05, 0.1) is 12.5 Å². The van der Waals surface area contributed by atoms with Gasteiger partial charge in [0.1, 0.15) is 0 Å². The van der Waals surface area contributed by atoms with Crippen molar-refractivity contribution in [2.24, 2.45) is 5.41 Å². The highest BCUT2D eigenvalue weighted by Gasteiger charge is 2.25. The van der Waals surface area contributed by atoms with Crippen molar-refractivity contribution in [1.29, 1.82) is 0 Å². The van der Waals surface area contributed by atoms with Gasteiger partial charge in [0, 0.05) is 6.42 Å². The number of methoxy groups -OCH3 is 1. The average Bonchev–Trinajstić information content (AvgIpc) is 2.12. The highest BCUT2D eigenvalue weighted by Crippen LogP contribution is 2.18. The lowest BCUT2D eigenvalue weighted by molar-refractivity contribution is -0.148. The molecule has 0 heterocycles. The first kappa shape index (κ1) is 11.9. The third-order valence-corrected chi connectivity index (χ3v) is 1.75. The predicted octanol–water partition coefficient (Wildman–Crippen LogP) is 1.72. The van der Waals surface area contributed by atoms with E-state index in [0.29, 0.717) is 6.42 Å². The zero-order valence-electron chi connectivity index (χ0n) is 8.59. The molecule has 0 rings (SSSR count). The second-order valence-electron chi connectivity index (χ2n) is 3.37. The van der Waals surface area contributed by atoms with E-state index in [0.717, 1.165) is 0 Å². The number of hydrogen-bond acceptors (Lipinski definition) is 3. The second-order valence-corrected chi connectivity index (χ2v) is 3.37. The zero-order chi connectivity index (χ0) is 10.5. The molecule has 0 spiro atoms. The van der Waals surface area contributed by atoms with Crippen molar-refractivity contribution in [3.05, 3.63) is 12.2 Å². The van der Waals surface area contributed by atoms with Gasteiger partial charge in [-0.25, -0.2) is 0 Å². The highest BCUT2D eigenvalue weighted by molar-refractivity contribution is 5.90. The molecule has 3 nitrogen and oxygen atoms in total. The Morgan fingerprint density at radius 2 is 1.92 bits per heavy atom. The minimum atomic E-state index is -0.723. The summed E-state index contributed by atoms with van der Waals surface area (Å²) in [5.74, 6) is -0.329. The summed E-state index contributed by atoms with van der Waals surface area (Å²) in [5, 5.41) is 0. The minimum Gasteiger partial charge on any atom is -0.468 e. The van der Waals surface area contributed by atoms with Crippen molar-refractivity contribution in [3.8, 4) is 0 Å². The maximum Gasteiger partial charge on any atom is 0.315 e. The van der Waals surface area contributed by atoms with Crippen LogP contribution < -0.4 is 0 Å². The largest absolute Gasteiger partial charge is 0.468 e. The number of rotatable bonds is 4. The number of carbonyl (C=O) groups is 2. The molecule has 74 valence electrons. The maximum atomic E-state index is 11.1. The molecule has 0 saturated carbocycles. The van der Waals surface area contributed by atoms with E-state index in [1.165, 1.54) is 13.2 Å². The van der Waals surface area contributed by atoms with E-state index < -0.39 is 5.41 Å². The normalized spacial score (nSPS) is 11.7. The van der Waals surface area contributed by atoms with Crippen molar-refractivity contribution in [1.82, 2.24) is 0 Å². The van der Waals surface area contributed by atoms with Crippen LogP contribution in [0.25, 0.3) is 0 Å². The van der Waals surface area contributed by atoms with Crippen LogP contribution in [0.5, 0.6) is 0 Å². The Bertz CT molecular complexity index is 226. The summed E-state index contributed by atoms with van der Waals surface area (Å²) in [6, 6.07) is 0. The molecule has 0 aliphatic heterocycles. The topological polar surface area (TPSA) is 43.4 Å². The Hall–Kier alpha value is -1.12. The van der Waals surface area contributed by atoms with Gasteiger partial charge in [-0.05, 0) is 19.9 Å². The van der Waals surface area contributed by atoms with E-state index >= 15 is 0 Å². The fraction of sp³-hybridized carbons (Fsp3) is 0.600. The number of carbonyl (C=O) groups excluding carboxylic acids is 2. The fourth-order valence-corrected chi connectivity index (χ4v) is 0.750. The van der Waals surface area contributed by atoms with Crippen LogP contribution in [0.15, 0.2) is 12.2 Å². The van der Waals surface area contributed by atoms with Crippen LogP contribution in [-0.2, 0) is 14.3 Å². The Kier molecular flexibility index (Phi) is 4.38. The first-order valence-electron chi connectivity index (χ1n) is 4.24. The summed E-state index contributed by atoms with van der Waals surface area (Å²) >= 11 is 0. The zero-order valence-corrected chi connectivity index (χ0v) is 8.59. The molecule has 0 N–H and O–H groups in total. The summed E-state index contributed by atoms with van der Waals surface area (Å²) in [5.41, 5.74) is -0.723. The molecule has 0 bridgehead atoms. The van der Waals surface area contributed by atoms with Crippen molar-refractivity contribution in [2.75, 3.05) is 7.11 Å². The Labute approximate surface area is 78.8 Å². The van der Waals surface area contributed by atoms with Crippen molar-refractivity contribution in [3.63, 3.8) is 0 Å². The van der Waals surface area contributed by atoms with Crippen LogP contribution in [0.2, 0.25) is 0 Å². The van der Waals surface area contributed by atoms with Crippen LogP contribution in [-0.4, -0.2) is 18.9 Å². The van der Waals surface area contributed by atoms with Gasteiger partial charge in [-0.2, -0.15) is 0 Å². The molecule has 0 aromatic rings. The van der Waals surface area contributed by atoms with Gasteiger partial charge in [-0.3, -0.25) is 9.59 Å². The second kappa shape index (κ2) is 4.80. The number of ether oxygens (including phenoxy) is 1. The molecule has 0 fully saturated rings. The quantitative estimate of drug-likeness (QED) is 0.493. The van der Waals surface area contributed by atoms with Gasteiger partial charge in [0.25, 0.3) is 0 Å². The molecule has 0 saturated heterocycles. The van der Waals surface area contributed by atoms with Gasteiger partial charge in [-0.1, -0.05) is 13.0 Å². The predicted molar refractivity (Wildman–Crippen MR) is 50.2 cm³/mol. The molecule has 0 aromatic heterocycles. The first-order valence-corrected chi connectivity index (χ1v) is 4.24. The van der Waals surface area contributed by atoms with Crippen LogP contribution in [0.1, 0.15) is 27.2 Å². The van der Waals surface area contributed by atoms with Crippen LogP contribution in [0.4, 0.5) is 0 Å². The van der Waals surface area contributed by atoms with E-state index in [9.17, 15) is 9.59 Å². The van der Waals surface area contributed by atoms with E-state index in [1.807, 2.05) is 0 Å². The molecular formula is C10H16O3. The molecule has 13 heavy (non-hydrogen) atoms. The fourth-order valence-electron chi connectivity index (χ4n) is 0.750. The van der Waals surface area contributed by atoms with Gasteiger partial charge >= 0.3 is 5.97 Å². The van der Waals surface area contributed by atoms with Crippen molar-refractivity contribution in [2.45, 2.75) is 27.2 Å². The van der Waals surface area contributed by atoms with Gasteiger partial charge in [-0.15, -0.1) is 0 Å². The van der Waals surface area contributed by atoms with Gasteiger partial charge in [0.2, 0.25) is 0 Å². The van der Waals surface area contributed by atoms with Crippen molar-refractivity contribution < 1.29 is 14.3 Å². The first-order chi connectivity index (χ1) is 5.94. The monoisotopic (exact) mass is 184 g/mol. The average molecular weight is 184 g/mol. The van der Waals surface area contributed by atoms with Crippen LogP contribution in [0.3, 0.4) is 0 Å². The van der Waals surface area contributed by atoms with Crippen LogP contribution >= 0.6 is 0 Å². The van der Waals surface area contributed by atoms with E-state index in [1.54, 1.807) is 26.8 Å². The number of esters is 1. The number of allylic oxidation sites excluding steroid dienone is 1. The summed E-state index contributed by atoms with van der Waals surface area (Å²) in [6.45, 7) is 5.19. The molecule has 0 atom stereocenters. The molecular weight excluding hydrogens is 168 g/mol. The minimum absolute atomic E-state index is 0.0111. The SMILES string of the molecule is CCC(=O)C=CC(C)(C)C(=O)OC. The van der Waals surface area contributed by atoms with Gasteiger partial charge in [0.15, 0.2) is 5.78 Å². The smallest absolute Gasteiger partial charge is 0.315 e. The Morgan fingerprint density at radius 1 is 1.38 bits per heavy atom. The molecule has 0 aliphatic carbocycles. The molecule has 0 aromatic carbocycles. The summed E-state index contributed by atoms with van der Waals surface area (Å²) in [6.07, 6.45) is 3.45. The Morgan fingerprint density at radius 3 is 2.31 bits per heavy atom. The van der Waals surface area contributed by atoms with Crippen molar-refractivity contribution >= 4 is 11.8 Å². The summed E-state index contributed by atoms with van der Waals surface area (Å²) in [4.78, 5) is 22.1. The summed E-state index contributed by atoms with van der Waals surface area (Å²) in [7, 11) is 1.33. The molecule has 0 unspecified atom stereocenters. The lowest BCUT2D eigenvalue weighted by Crippen LogP contribution is -2.23. The maximum absolute atomic E-state index is 11.1. The highest BCUT2D eigenvalue weighted by atomic mass is 16.5. The van der Waals surface area contributed by atoms with E-state index in [2.05, 4.69) is 4.74 Å². The lowest BCUT2D eigenvalue weighted by atomic mass is 9.93.